The van der Waals surface area contributed by atoms with Gasteiger partial charge in [-0.05, 0) is 18.4 Å². The second-order valence-corrected chi connectivity index (χ2v) is 7.14. The van der Waals surface area contributed by atoms with Crippen molar-refractivity contribution in [2.24, 2.45) is 0 Å². The van der Waals surface area contributed by atoms with Gasteiger partial charge in [-0.2, -0.15) is 0 Å². The molecule has 2 heterocycles. The van der Waals surface area contributed by atoms with Gasteiger partial charge in [-0.15, -0.1) is 0 Å². The first-order valence-corrected chi connectivity index (χ1v) is 10.1. The van der Waals surface area contributed by atoms with Crippen molar-refractivity contribution in [3.8, 4) is 0 Å². The number of carboxylic acids is 1. The third kappa shape index (κ3) is 6.43. The Balaban J connectivity index is 1.65. The van der Waals surface area contributed by atoms with Crippen molar-refractivity contribution in [2.45, 2.75) is 37.6 Å². The molecule has 32 heavy (non-hydrogen) atoms. The van der Waals surface area contributed by atoms with E-state index in [2.05, 4.69) is 31.4 Å². The number of ether oxygens (including phenoxy) is 1. The fourth-order valence-electron chi connectivity index (χ4n) is 3.11. The van der Waals surface area contributed by atoms with E-state index in [9.17, 15) is 19.5 Å². The first-order chi connectivity index (χ1) is 15.5. The number of amides is 2. The molecule has 1 aromatic heterocycles. The Morgan fingerprint density at radius 3 is 2.72 bits per heavy atom. The molecule has 2 atom stereocenters. The highest BCUT2D eigenvalue weighted by atomic mass is 16.7. The van der Waals surface area contributed by atoms with E-state index in [1.807, 2.05) is 6.07 Å². The highest BCUT2D eigenvalue weighted by Gasteiger charge is 2.43. The van der Waals surface area contributed by atoms with Crippen LogP contribution in [0.4, 0.5) is 10.7 Å². The molecule has 1 saturated heterocycles. The number of alkyl carbamates (subject to hydrolysis) is 1. The van der Waals surface area contributed by atoms with E-state index in [0.717, 1.165) is 5.56 Å². The predicted octanol–water partition coefficient (Wildman–Crippen LogP) is 0.719. The number of imidazole rings is 1. The summed E-state index contributed by atoms with van der Waals surface area (Å²) < 4.78 is 5.17. The van der Waals surface area contributed by atoms with E-state index in [-0.39, 0.29) is 19.4 Å². The molecule has 0 saturated carbocycles. The average molecular weight is 446 g/mol. The normalized spacial score (nSPS) is 17.2. The minimum absolute atomic E-state index is 0.0496. The number of nitrogens with zero attached hydrogens (tertiary/aromatic N) is 1. The van der Waals surface area contributed by atoms with E-state index >= 15 is 0 Å². The molecule has 3 rings (SSSR count). The molecule has 6 N–H and O–H groups in total. The molecule has 0 bridgehead atoms. The quantitative estimate of drug-likeness (QED) is 0.215. The van der Waals surface area contributed by atoms with Crippen LogP contribution in [-0.4, -0.2) is 57.9 Å². The molecule has 1 aliphatic heterocycles. The van der Waals surface area contributed by atoms with Gasteiger partial charge in [0.05, 0.1) is 0 Å². The van der Waals surface area contributed by atoms with Crippen LogP contribution in [-0.2, 0) is 25.8 Å². The Morgan fingerprint density at radius 2 is 2.06 bits per heavy atom. The minimum atomic E-state index is -2.08. The number of nitrogens with one attached hydrogen (secondary N) is 5. The van der Waals surface area contributed by atoms with E-state index in [1.165, 1.54) is 0 Å². The lowest BCUT2D eigenvalue weighted by Crippen LogP contribution is -2.67. The van der Waals surface area contributed by atoms with Gasteiger partial charge >= 0.3 is 12.1 Å². The molecule has 172 valence electrons. The highest BCUT2D eigenvalue weighted by molar-refractivity contribution is 5.91. The van der Waals surface area contributed by atoms with Gasteiger partial charge in [0, 0.05) is 31.9 Å². The number of aromatic nitrogens is 2. The van der Waals surface area contributed by atoms with Gasteiger partial charge in [-0.25, -0.2) is 20.1 Å². The fraction of sp³-hybridized carbons (Fsp3) is 0.400. The average Bonchev–Trinajstić information content (AvgIpc) is 3.50. The van der Waals surface area contributed by atoms with Crippen molar-refractivity contribution in [1.82, 2.24) is 26.1 Å². The van der Waals surface area contributed by atoms with Crippen LogP contribution >= 0.6 is 0 Å². The van der Waals surface area contributed by atoms with Gasteiger partial charge < -0.3 is 25.5 Å². The van der Waals surface area contributed by atoms with E-state index in [1.54, 1.807) is 36.7 Å². The summed E-state index contributed by atoms with van der Waals surface area (Å²) in [4.78, 5) is 49.2. The first kappa shape index (κ1) is 23.0. The summed E-state index contributed by atoms with van der Waals surface area (Å²) in [6, 6.07) is 8.94. The van der Waals surface area contributed by atoms with Gasteiger partial charge in [-0.3, -0.25) is 14.9 Å². The third-order valence-electron chi connectivity index (χ3n) is 4.78. The summed E-state index contributed by atoms with van der Waals surface area (Å²) in [5.74, 6) is -1.55. The Labute approximate surface area is 184 Å². The van der Waals surface area contributed by atoms with Crippen LogP contribution in [0.25, 0.3) is 0 Å². The lowest BCUT2D eigenvalue weighted by atomic mass is 10.0. The lowest BCUT2D eigenvalue weighted by Gasteiger charge is -2.32. The Bertz CT molecular complexity index is 887. The van der Waals surface area contributed by atoms with Crippen LogP contribution in [0.1, 0.15) is 24.8 Å². The Kier molecular flexibility index (Phi) is 8.00. The summed E-state index contributed by atoms with van der Waals surface area (Å²) in [6.45, 7) is 0.754. The highest BCUT2D eigenvalue weighted by Crippen LogP contribution is 2.15. The van der Waals surface area contributed by atoms with Crippen molar-refractivity contribution >= 4 is 23.9 Å². The van der Waals surface area contributed by atoms with E-state index < -0.39 is 29.7 Å². The van der Waals surface area contributed by atoms with Gasteiger partial charge in [0.15, 0.2) is 12.1 Å². The summed E-state index contributed by atoms with van der Waals surface area (Å²) in [7, 11) is 0. The molecule has 0 radical (unpaired) electrons. The smallest absolute Gasteiger partial charge is 0.409 e. The second-order valence-electron chi connectivity index (χ2n) is 7.14. The maximum atomic E-state index is 12.6. The maximum Gasteiger partial charge on any atom is 0.409 e. The Hall–Kier alpha value is -3.64. The second kappa shape index (κ2) is 11.1. The number of hydrogen-bond donors (Lipinski definition) is 6. The van der Waals surface area contributed by atoms with Crippen molar-refractivity contribution < 1.29 is 29.1 Å². The largest absolute Gasteiger partial charge is 0.478 e. The van der Waals surface area contributed by atoms with E-state index in [0.29, 0.717) is 25.5 Å². The number of benzene rings is 1. The number of rotatable bonds is 11. The number of aromatic amines is 1. The van der Waals surface area contributed by atoms with Gasteiger partial charge in [0.1, 0.15) is 6.61 Å². The number of anilines is 1. The molecule has 12 heteroatoms. The number of aliphatic carboxylic acids is 1. The lowest BCUT2D eigenvalue weighted by molar-refractivity contribution is -0.152. The van der Waals surface area contributed by atoms with Crippen LogP contribution in [0.15, 0.2) is 42.7 Å². The fourth-order valence-corrected chi connectivity index (χ4v) is 3.11. The standard InChI is InChI=1S/C20H26N6O6/c27-16(15-7-10-24-32-15)25-20(17(28)29,8-4-9-21-18-22-11-12-23-18)26-19(30)31-13-14-5-2-1-3-6-14/h1-3,5-6,11-12,15,24H,4,7-10,13H2,(H,25,27)(H,26,30)(H,28,29)(H2,21,22,23). The molecule has 2 aromatic rings. The van der Waals surface area contributed by atoms with Crippen molar-refractivity contribution in [2.75, 3.05) is 18.4 Å². The summed E-state index contributed by atoms with van der Waals surface area (Å²) >= 11 is 0. The number of carbonyl (C=O) groups excluding carboxylic acids is 2. The van der Waals surface area contributed by atoms with Crippen LogP contribution < -0.4 is 21.4 Å². The zero-order chi connectivity index (χ0) is 22.8. The molecule has 0 spiro atoms. The molecule has 12 nitrogen and oxygen atoms in total. The molecule has 2 amide bonds. The van der Waals surface area contributed by atoms with Crippen molar-refractivity contribution in [3.05, 3.63) is 48.3 Å². The summed E-state index contributed by atoms with van der Waals surface area (Å²) in [6.07, 6.45) is 1.94. The predicted molar refractivity (Wildman–Crippen MR) is 112 cm³/mol. The van der Waals surface area contributed by atoms with Crippen LogP contribution in [0, 0.1) is 0 Å². The zero-order valence-corrected chi connectivity index (χ0v) is 17.3. The van der Waals surface area contributed by atoms with Crippen LogP contribution in [0.5, 0.6) is 0 Å². The molecule has 1 fully saturated rings. The van der Waals surface area contributed by atoms with Crippen LogP contribution in [0.3, 0.4) is 0 Å². The summed E-state index contributed by atoms with van der Waals surface area (Å²) in [5, 5.41) is 17.7. The SMILES string of the molecule is O=C(NC(CCCNc1ncc[nH]1)(NC(=O)C1CCNO1)C(=O)O)OCc1ccccc1. The number of carbonyl (C=O) groups is 3. The molecule has 1 aliphatic rings. The van der Waals surface area contributed by atoms with Crippen molar-refractivity contribution in [3.63, 3.8) is 0 Å². The third-order valence-corrected chi connectivity index (χ3v) is 4.78. The number of H-pyrrole nitrogens is 1. The Morgan fingerprint density at radius 1 is 1.25 bits per heavy atom. The molecular formula is C20H26N6O6. The molecular weight excluding hydrogens is 420 g/mol. The number of hydrogen-bond acceptors (Lipinski definition) is 8. The van der Waals surface area contributed by atoms with Gasteiger partial charge in [0.2, 0.25) is 5.66 Å². The molecule has 2 unspecified atom stereocenters. The maximum absolute atomic E-state index is 12.6. The first-order valence-electron chi connectivity index (χ1n) is 10.1. The topological polar surface area (TPSA) is 167 Å². The molecule has 0 aliphatic carbocycles. The van der Waals surface area contributed by atoms with Gasteiger partial charge in [-0.1, -0.05) is 30.3 Å². The summed E-state index contributed by atoms with van der Waals surface area (Å²) in [5.41, 5.74) is 1.23. The monoisotopic (exact) mass is 446 g/mol. The van der Waals surface area contributed by atoms with Crippen LogP contribution in [0.2, 0.25) is 0 Å². The van der Waals surface area contributed by atoms with Crippen molar-refractivity contribution in [1.29, 1.82) is 0 Å². The molecule has 1 aromatic carbocycles. The van der Waals surface area contributed by atoms with Gasteiger partial charge in [0.25, 0.3) is 5.91 Å². The zero-order valence-electron chi connectivity index (χ0n) is 17.3. The number of carboxylic acid groups (broad SMARTS) is 1. The number of hydroxylamine groups is 1. The van der Waals surface area contributed by atoms with E-state index in [4.69, 9.17) is 9.57 Å². The minimum Gasteiger partial charge on any atom is -0.478 e.